The number of thiophene rings is 1. The van der Waals surface area contributed by atoms with Crippen molar-refractivity contribution in [1.82, 2.24) is 10.3 Å². The molecule has 4 nitrogen and oxygen atoms in total. The summed E-state index contributed by atoms with van der Waals surface area (Å²) in [4.78, 5) is 19.9. The van der Waals surface area contributed by atoms with Crippen LogP contribution in [0.5, 0.6) is 0 Å². The van der Waals surface area contributed by atoms with Crippen molar-refractivity contribution < 1.29 is 4.79 Å². The van der Waals surface area contributed by atoms with E-state index in [-0.39, 0.29) is 18.0 Å². The molecule has 0 fully saturated rings. The Kier molecular flexibility index (Phi) is 4.78. The molecule has 2 aromatic heterocycles. The monoisotopic (exact) mass is 383 g/mol. The second-order valence-electron chi connectivity index (χ2n) is 6.71. The van der Waals surface area contributed by atoms with Crippen LogP contribution in [0.2, 0.25) is 0 Å². The number of benzene rings is 1. The number of nitrogens with zero attached hydrogens (tertiary/aromatic N) is 2. The highest BCUT2D eigenvalue weighted by Gasteiger charge is 2.38. The topological polar surface area (TPSA) is 45.2 Å². The second-order valence-corrected chi connectivity index (χ2v) is 8.46. The van der Waals surface area contributed by atoms with E-state index in [4.69, 9.17) is 4.98 Å². The Morgan fingerprint density at radius 2 is 2.12 bits per heavy atom. The lowest BCUT2D eigenvalue weighted by Crippen LogP contribution is -2.48. The third-order valence-corrected chi connectivity index (χ3v) is 6.41. The molecule has 0 aliphatic carbocycles. The predicted octanol–water partition coefficient (Wildman–Crippen LogP) is 4.33. The molecule has 4 rings (SSSR count). The largest absolute Gasteiger partial charge is 0.350 e. The smallest absolute Gasteiger partial charge is 0.243 e. The highest BCUT2D eigenvalue weighted by molar-refractivity contribution is 7.19. The van der Waals surface area contributed by atoms with E-state index in [0.29, 0.717) is 13.0 Å². The van der Waals surface area contributed by atoms with Crippen LogP contribution >= 0.6 is 22.7 Å². The maximum absolute atomic E-state index is 12.8. The zero-order valence-corrected chi connectivity index (χ0v) is 16.4. The maximum Gasteiger partial charge on any atom is 0.243 e. The zero-order chi connectivity index (χ0) is 18.1. The van der Waals surface area contributed by atoms with Crippen molar-refractivity contribution in [2.75, 3.05) is 4.90 Å². The molecule has 1 atom stereocenters. The minimum atomic E-state index is -0.177. The van der Waals surface area contributed by atoms with Crippen LogP contribution in [-0.4, -0.2) is 23.0 Å². The quantitative estimate of drug-likeness (QED) is 0.713. The van der Waals surface area contributed by atoms with Crippen LogP contribution in [0.1, 0.15) is 25.1 Å². The minimum Gasteiger partial charge on any atom is -0.350 e. The van der Waals surface area contributed by atoms with E-state index in [1.807, 2.05) is 30.3 Å². The van der Waals surface area contributed by atoms with Crippen molar-refractivity contribution in [2.45, 2.75) is 38.9 Å². The van der Waals surface area contributed by atoms with Crippen molar-refractivity contribution in [3.05, 3.63) is 58.4 Å². The number of carbonyl (C=O) groups excluding carboxylic acids is 1. The Labute approximate surface area is 161 Å². The van der Waals surface area contributed by atoms with Gasteiger partial charge in [0.15, 0.2) is 0 Å². The van der Waals surface area contributed by atoms with Crippen LogP contribution in [0.25, 0.3) is 10.6 Å². The normalized spacial score (nSPS) is 16.1. The first-order valence-electron chi connectivity index (χ1n) is 8.75. The number of thiazole rings is 1. The first-order valence-corrected chi connectivity index (χ1v) is 10.5. The molecule has 1 aliphatic rings. The number of hydrogen-bond donors (Lipinski definition) is 1. The van der Waals surface area contributed by atoms with Gasteiger partial charge < -0.3 is 10.2 Å². The summed E-state index contributed by atoms with van der Waals surface area (Å²) < 4.78 is 0. The summed E-state index contributed by atoms with van der Waals surface area (Å²) >= 11 is 3.37. The van der Waals surface area contributed by atoms with E-state index < -0.39 is 0 Å². The molecular weight excluding hydrogens is 362 g/mol. The second kappa shape index (κ2) is 7.21. The average molecular weight is 384 g/mol. The number of rotatable bonds is 5. The van der Waals surface area contributed by atoms with E-state index >= 15 is 0 Å². The van der Waals surface area contributed by atoms with Gasteiger partial charge in [0.05, 0.1) is 5.69 Å². The van der Waals surface area contributed by atoms with Crippen LogP contribution in [0.3, 0.4) is 0 Å². The number of amides is 1. The van der Waals surface area contributed by atoms with Crippen LogP contribution in [-0.2, 0) is 17.8 Å². The molecular formula is C20H21N3OS2. The number of aromatic nitrogens is 1. The Hall–Kier alpha value is -2.18. The van der Waals surface area contributed by atoms with E-state index in [1.165, 1.54) is 5.56 Å². The van der Waals surface area contributed by atoms with E-state index in [2.05, 4.69) is 40.9 Å². The Balaban J connectivity index is 1.51. The molecule has 6 heteroatoms. The zero-order valence-electron chi connectivity index (χ0n) is 14.8. The molecule has 1 unspecified atom stereocenters. The Morgan fingerprint density at radius 3 is 2.81 bits per heavy atom. The van der Waals surface area contributed by atoms with Crippen LogP contribution in [0, 0.1) is 0 Å². The summed E-state index contributed by atoms with van der Waals surface area (Å²) in [5.41, 5.74) is 3.33. The van der Waals surface area contributed by atoms with Gasteiger partial charge in [-0.05, 0) is 30.9 Å². The summed E-state index contributed by atoms with van der Waals surface area (Å²) in [5.74, 6) is 0.0739. The summed E-state index contributed by atoms with van der Waals surface area (Å²) in [6.45, 7) is 4.83. The van der Waals surface area contributed by atoms with Gasteiger partial charge in [0, 0.05) is 30.0 Å². The summed E-state index contributed by atoms with van der Waals surface area (Å²) in [6, 6.07) is 12.2. The van der Waals surface area contributed by atoms with Gasteiger partial charge in [-0.1, -0.05) is 41.7 Å². The summed E-state index contributed by atoms with van der Waals surface area (Å²) in [5, 5.41) is 9.47. The molecule has 1 amide bonds. The maximum atomic E-state index is 12.8. The minimum absolute atomic E-state index is 0.0739. The Bertz CT molecular complexity index is 887. The third-order valence-electron chi connectivity index (χ3n) is 4.57. The fourth-order valence-corrected chi connectivity index (χ4v) is 5.32. The number of anilines is 1. The van der Waals surface area contributed by atoms with Gasteiger partial charge in [0.25, 0.3) is 0 Å². The van der Waals surface area contributed by atoms with Crippen LogP contribution < -0.4 is 10.2 Å². The average Bonchev–Trinajstić information content (AvgIpc) is 3.34. The van der Waals surface area contributed by atoms with Crippen molar-refractivity contribution in [1.29, 1.82) is 0 Å². The lowest BCUT2D eigenvalue weighted by Gasteiger charge is -2.29. The standard InChI is InChI=1S/C20H21N3OS2/c1-13(2)23-17(18(24)21-11-14-6-4-3-5-7-14)10-16-20(23)26-19(22-16)15-8-9-25-12-15/h3-9,12-13,17H,10-11H2,1-2H3,(H,21,24). The Morgan fingerprint density at radius 1 is 1.31 bits per heavy atom. The predicted molar refractivity (Wildman–Crippen MR) is 109 cm³/mol. The number of hydrogen-bond acceptors (Lipinski definition) is 5. The van der Waals surface area contributed by atoms with E-state index in [9.17, 15) is 4.79 Å². The van der Waals surface area contributed by atoms with Crippen molar-refractivity contribution in [3.8, 4) is 10.6 Å². The van der Waals surface area contributed by atoms with Gasteiger partial charge in [-0.15, -0.1) is 0 Å². The number of fused-ring (bicyclic) bond motifs is 1. The van der Waals surface area contributed by atoms with Gasteiger partial charge in [0.1, 0.15) is 16.1 Å². The highest BCUT2D eigenvalue weighted by atomic mass is 32.1. The lowest BCUT2D eigenvalue weighted by molar-refractivity contribution is -0.122. The first kappa shape index (κ1) is 17.2. The van der Waals surface area contributed by atoms with E-state index in [0.717, 1.165) is 21.3 Å². The molecule has 1 aromatic carbocycles. The third kappa shape index (κ3) is 3.27. The van der Waals surface area contributed by atoms with Gasteiger partial charge in [-0.2, -0.15) is 11.3 Å². The van der Waals surface area contributed by atoms with Crippen molar-refractivity contribution >= 4 is 33.6 Å². The molecule has 0 radical (unpaired) electrons. The molecule has 0 bridgehead atoms. The van der Waals surface area contributed by atoms with Gasteiger partial charge in [0.2, 0.25) is 5.91 Å². The fraction of sp³-hybridized carbons (Fsp3) is 0.300. The van der Waals surface area contributed by atoms with Crippen LogP contribution in [0.4, 0.5) is 5.00 Å². The molecule has 0 saturated heterocycles. The summed E-state index contributed by atoms with van der Waals surface area (Å²) in [7, 11) is 0. The molecule has 3 aromatic rings. The van der Waals surface area contributed by atoms with Crippen molar-refractivity contribution in [2.24, 2.45) is 0 Å². The van der Waals surface area contributed by atoms with Gasteiger partial charge in [-0.25, -0.2) is 4.98 Å². The number of nitrogens with one attached hydrogen (secondary N) is 1. The summed E-state index contributed by atoms with van der Waals surface area (Å²) in [6.07, 6.45) is 0.675. The molecule has 1 aliphatic heterocycles. The molecule has 1 N–H and O–H groups in total. The molecule has 134 valence electrons. The molecule has 3 heterocycles. The van der Waals surface area contributed by atoms with Crippen molar-refractivity contribution in [3.63, 3.8) is 0 Å². The van der Waals surface area contributed by atoms with Gasteiger partial charge >= 0.3 is 0 Å². The first-order chi connectivity index (χ1) is 12.6. The van der Waals surface area contributed by atoms with Crippen LogP contribution in [0.15, 0.2) is 47.2 Å². The van der Waals surface area contributed by atoms with Gasteiger partial charge in [-0.3, -0.25) is 4.79 Å². The number of carbonyl (C=O) groups is 1. The molecule has 0 saturated carbocycles. The molecule has 26 heavy (non-hydrogen) atoms. The fourth-order valence-electron chi connectivity index (χ4n) is 3.33. The SMILES string of the molecule is CC(C)N1c2sc(-c3ccsc3)nc2CC1C(=O)NCc1ccccc1. The van der Waals surface area contributed by atoms with E-state index in [1.54, 1.807) is 22.7 Å². The lowest BCUT2D eigenvalue weighted by atomic mass is 10.1. The highest BCUT2D eigenvalue weighted by Crippen LogP contribution is 2.42. The molecule has 0 spiro atoms.